The fraction of sp³-hybridized carbons (Fsp3) is 0.438. The van der Waals surface area contributed by atoms with Crippen LogP contribution in [0.2, 0.25) is 5.02 Å². The lowest BCUT2D eigenvalue weighted by atomic mass is 10.2. The van der Waals surface area contributed by atoms with Crippen LogP contribution in [0.25, 0.3) is 10.9 Å². The first kappa shape index (κ1) is 15.9. The normalized spacial score (nSPS) is 11.0. The van der Waals surface area contributed by atoms with Gasteiger partial charge in [-0.05, 0) is 30.7 Å². The highest BCUT2D eigenvalue weighted by atomic mass is 35.5. The van der Waals surface area contributed by atoms with Crippen molar-refractivity contribution in [1.29, 1.82) is 0 Å². The van der Waals surface area contributed by atoms with Gasteiger partial charge in [-0.2, -0.15) is 0 Å². The van der Waals surface area contributed by atoms with Crippen LogP contribution >= 0.6 is 11.6 Å². The molecule has 5 heteroatoms. The molecule has 1 heterocycles. The van der Waals surface area contributed by atoms with Crippen molar-refractivity contribution in [3.63, 3.8) is 0 Å². The second-order valence-corrected chi connectivity index (χ2v) is 5.55. The zero-order valence-corrected chi connectivity index (χ0v) is 13.3. The number of rotatable bonds is 7. The fourth-order valence-corrected chi connectivity index (χ4v) is 2.58. The number of aromatic nitrogens is 1. The average Bonchev–Trinajstić information content (AvgIpc) is 2.82. The smallest absolute Gasteiger partial charge is 0.221 e. The number of halogens is 1. The molecule has 2 N–H and O–H groups in total. The first-order valence-corrected chi connectivity index (χ1v) is 7.72. The van der Waals surface area contributed by atoms with Crippen molar-refractivity contribution in [2.75, 3.05) is 13.6 Å². The van der Waals surface area contributed by atoms with Crippen molar-refractivity contribution in [2.45, 2.75) is 32.9 Å². The lowest BCUT2D eigenvalue weighted by Crippen LogP contribution is -2.19. The van der Waals surface area contributed by atoms with E-state index in [0.717, 1.165) is 30.0 Å². The van der Waals surface area contributed by atoms with E-state index in [1.807, 2.05) is 12.1 Å². The lowest BCUT2D eigenvalue weighted by molar-refractivity contribution is -0.120. The summed E-state index contributed by atoms with van der Waals surface area (Å²) in [5.41, 5.74) is 2.33. The van der Waals surface area contributed by atoms with Gasteiger partial charge in [-0.3, -0.25) is 4.79 Å². The minimum absolute atomic E-state index is 0.0459. The summed E-state index contributed by atoms with van der Waals surface area (Å²) in [5.74, 6) is 0.0459. The van der Waals surface area contributed by atoms with Crippen LogP contribution in [-0.2, 0) is 17.9 Å². The molecule has 21 heavy (non-hydrogen) atoms. The SMILES string of the molecule is CCCNCc1cn(CCC(=O)NC)c2cc(Cl)ccc12. The molecule has 0 fully saturated rings. The number of nitrogens with one attached hydrogen (secondary N) is 2. The van der Waals surface area contributed by atoms with Crippen LogP contribution in [-0.4, -0.2) is 24.1 Å². The highest BCUT2D eigenvalue weighted by Gasteiger charge is 2.10. The highest BCUT2D eigenvalue weighted by molar-refractivity contribution is 6.31. The number of hydrogen-bond acceptors (Lipinski definition) is 2. The molecule has 1 aromatic heterocycles. The molecule has 0 bridgehead atoms. The number of hydrogen-bond donors (Lipinski definition) is 2. The maximum absolute atomic E-state index is 11.4. The second-order valence-electron chi connectivity index (χ2n) is 5.11. The summed E-state index contributed by atoms with van der Waals surface area (Å²) in [4.78, 5) is 11.4. The van der Waals surface area contributed by atoms with E-state index in [2.05, 4.69) is 34.4 Å². The molecule has 2 aromatic rings. The Morgan fingerprint density at radius 2 is 2.19 bits per heavy atom. The zero-order chi connectivity index (χ0) is 15.2. The van der Waals surface area contributed by atoms with Crippen LogP contribution in [0.4, 0.5) is 0 Å². The summed E-state index contributed by atoms with van der Waals surface area (Å²) in [6, 6.07) is 5.93. The predicted octanol–water partition coefficient (Wildman–Crippen LogP) is 2.93. The second kappa shape index (κ2) is 7.48. The summed E-state index contributed by atoms with van der Waals surface area (Å²) in [6.45, 7) is 4.64. The van der Waals surface area contributed by atoms with Crippen LogP contribution in [0.3, 0.4) is 0 Å². The van der Waals surface area contributed by atoms with E-state index in [4.69, 9.17) is 11.6 Å². The molecule has 0 unspecified atom stereocenters. The van der Waals surface area contributed by atoms with Crippen molar-refractivity contribution in [1.82, 2.24) is 15.2 Å². The number of nitrogens with zero attached hydrogens (tertiary/aromatic N) is 1. The van der Waals surface area contributed by atoms with Gasteiger partial charge in [0.15, 0.2) is 0 Å². The lowest BCUT2D eigenvalue weighted by Gasteiger charge is -2.04. The molecule has 0 saturated heterocycles. The largest absolute Gasteiger partial charge is 0.359 e. The Balaban J connectivity index is 2.26. The van der Waals surface area contributed by atoms with Crippen LogP contribution in [0.5, 0.6) is 0 Å². The molecule has 0 aliphatic rings. The van der Waals surface area contributed by atoms with E-state index in [-0.39, 0.29) is 5.91 Å². The Kier molecular flexibility index (Phi) is 5.65. The summed E-state index contributed by atoms with van der Waals surface area (Å²) in [6.07, 6.45) is 3.70. The molecule has 1 aromatic carbocycles. The van der Waals surface area contributed by atoms with Gasteiger partial charge in [-0.15, -0.1) is 0 Å². The van der Waals surface area contributed by atoms with E-state index in [1.165, 1.54) is 10.9 Å². The fourth-order valence-electron chi connectivity index (χ4n) is 2.41. The predicted molar refractivity (Wildman–Crippen MR) is 87.6 cm³/mol. The third-order valence-electron chi connectivity index (χ3n) is 3.53. The van der Waals surface area contributed by atoms with Crippen molar-refractivity contribution in [3.05, 3.63) is 35.0 Å². The van der Waals surface area contributed by atoms with Crippen LogP contribution in [0.15, 0.2) is 24.4 Å². The third-order valence-corrected chi connectivity index (χ3v) is 3.76. The Hall–Kier alpha value is -1.52. The van der Waals surface area contributed by atoms with E-state index in [9.17, 15) is 4.79 Å². The van der Waals surface area contributed by atoms with Crippen molar-refractivity contribution >= 4 is 28.4 Å². The van der Waals surface area contributed by atoms with Crippen LogP contribution < -0.4 is 10.6 Å². The van der Waals surface area contributed by atoms with E-state index < -0.39 is 0 Å². The molecule has 1 amide bonds. The van der Waals surface area contributed by atoms with E-state index >= 15 is 0 Å². The van der Waals surface area contributed by atoms with Crippen molar-refractivity contribution in [3.8, 4) is 0 Å². The Bertz CT molecular complexity index is 621. The molecule has 0 aliphatic heterocycles. The summed E-state index contributed by atoms with van der Waals surface area (Å²) in [5, 5.41) is 7.99. The van der Waals surface area contributed by atoms with Gasteiger partial charge in [0.05, 0.1) is 0 Å². The standard InChI is InChI=1S/C16H22ClN3O/c1-3-7-19-10-12-11-20(8-6-16(21)18-2)15-9-13(17)4-5-14(12)15/h4-5,9,11,19H,3,6-8,10H2,1-2H3,(H,18,21). The molecule has 114 valence electrons. The molecule has 0 spiro atoms. The summed E-state index contributed by atoms with van der Waals surface area (Å²) in [7, 11) is 1.66. The topological polar surface area (TPSA) is 46.1 Å². The molecular formula is C16H22ClN3O. The highest BCUT2D eigenvalue weighted by Crippen LogP contribution is 2.25. The maximum atomic E-state index is 11.4. The first-order chi connectivity index (χ1) is 10.2. The number of aryl methyl sites for hydroxylation is 1. The minimum atomic E-state index is 0.0459. The maximum Gasteiger partial charge on any atom is 0.221 e. The molecule has 0 atom stereocenters. The van der Waals surface area contributed by atoms with E-state index in [1.54, 1.807) is 7.05 Å². The molecule has 2 rings (SSSR count). The molecule has 0 radical (unpaired) electrons. The monoisotopic (exact) mass is 307 g/mol. The van der Waals surface area contributed by atoms with Gasteiger partial charge in [0, 0.05) is 48.7 Å². The number of carbonyl (C=O) groups is 1. The number of carbonyl (C=O) groups excluding carboxylic acids is 1. The molecular weight excluding hydrogens is 286 g/mol. The van der Waals surface area contributed by atoms with Gasteiger partial charge in [0.1, 0.15) is 0 Å². The van der Waals surface area contributed by atoms with Gasteiger partial charge < -0.3 is 15.2 Å². The average molecular weight is 308 g/mol. The number of benzene rings is 1. The molecule has 0 saturated carbocycles. The summed E-state index contributed by atoms with van der Waals surface area (Å²) < 4.78 is 2.11. The Labute approximate surface area is 130 Å². The van der Waals surface area contributed by atoms with Gasteiger partial charge in [0.25, 0.3) is 0 Å². The number of fused-ring (bicyclic) bond motifs is 1. The minimum Gasteiger partial charge on any atom is -0.359 e. The van der Waals surface area contributed by atoms with Gasteiger partial charge in [-0.25, -0.2) is 0 Å². The molecule has 0 aliphatic carbocycles. The Morgan fingerprint density at radius 1 is 1.38 bits per heavy atom. The van der Waals surface area contributed by atoms with Crippen LogP contribution in [0.1, 0.15) is 25.3 Å². The zero-order valence-electron chi connectivity index (χ0n) is 12.6. The Morgan fingerprint density at radius 3 is 2.90 bits per heavy atom. The third kappa shape index (κ3) is 3.99. The van der Waals surface area contributed by atoms with Crippen LogP contribution in [0, 0.1) is 0 Å². The van der Waals surface area contributed by atoms with E-state index in [0.29, 0.717) is 13.0 Å². The van der Waals surface area contributed by atoms with Crippen molar-refractivity contribution < 1.29 is 4.79 Å². The summed E-state index contributed by atoms with van der Waals surface area (Å²) >= 11 is 6.11. The number of amides is 1. The van der Waals surface area contributed by atoms with Gasteiger partial charge >= 0.3 is 0 Å². The van der Waals surface area contributed by atoms with Crippen molar-refractivity contribution in [2.24, 2.45) is 0 Å². The van der Waals surface area contributed by atoms with Gasteiger partial charge in [-0.1, -0.05) is 24.6 Å². The molecule has 4 nitrogen and oxygen atoms in total. The first-order valence-electron chi connectivity index (χ1n) is 7.34. The quantitative estimate of drug-likeness (QED) is 0.773. The van der Waals surface area contributed by atoms with Gasteiger partial charge in [0.2, 0.25) is 5.91 Å².